The molecule has 1 aliphatic carbocycles. The first-order valence-corrected chi connectivity index (χ1v) is 5.97. The van der Waals surface area contributed by atoms with Crippen LogP contribution in [0.15, 0.2) is 6.07 Å². The van der Waals surface area contributed by atoms with Gasteiger partial charge in [-0.05, 0) is 12.8 Å². The summed E-state index contributed by atoms with van der Waals surface area (Å²) in [4.78, 5) is 8.38. The van der Waals surface area contributed by atoms with Gasteiger partial charge in [0.05, 0.1) is 6.61 Å². The summed E-state index contributed by atoms with van der Waals surface area (Å²) in [5.74, 6) is 1.94. The number of hydrogen-bond acceptors (Lipinski definition) is 5. The number of nitrogens with one attached hydrogen (secondary N) is 1. The quantitative estimate of drug-likeness (QED) is 0.777. The largest absolute Gasteiger partial charge is 0.411 e. The molecule has 0 bridgehead atoms. The lowest BCUT2D eigenvalue weighted by Gasteiger charge is -2.10. The summed E-state index contributed by atoms with van der Waals surface area (Å²) in [5.41, 5.74) is 5.64. The topological polar surface area (TPSA) is 73.1 Å². The first-order chi connectivity index (χ1) is 8.94. The van der Waals surface area contributed by atoms with E-state index in [9.17, 15) is 13.2 Å². The van der Waals surface area contributed by atoms with Crippen molar-refractivity contribution in [1.82, 2.24) is 9.97 Å². The van der Waals surface area contributed by atoms with Gasteiger partial charge in [0.2, 0.25) is 0 Å². The average molecular weight is 276 g/mol. The van der Waals surface area contributed by atoms with E-state index in [4.69, 9.17) is 5.73 Å². The Morgan fingerprint density at radius 1 is 1.37 bits per heavy atom. The molecule has 1 aromatic heterocycles. The van der Waals surface area contributed by atoms with Crippen LogP contribution in [-0.4, -0.2) is 35.9 Å². The van der Waals surface area contributed by atoms with Gasteiger partial charge in [0.1, 0.15) is 24.1 Å². The third kappa shape index (κ3) is 4.90. The fraction of sp³-hybridized carbons (Fsp3) is 0.636. The number of alkyl halides is 3. The van der Waals surface area contributed by atoms with Crippen molar-refractivity contribution in [3.8, 4) is 0 Å². The molecule has 106 valence electrons. The van der Waals surface area contributed by atoms with Crippen LogP contribution in [0.4, 0.5) is 24.8 Å². The molecule has 0 radical (unpaired) electrons. The van der Waals surface area contributed by atoms with E-state index in [1.165, 1.54) is 0 Å². The second kappa shape index (κ2) is 5.60. The van der Waals surface area contributed by atoms with Crippen LogP contribution < -0.4 is 11.1 Å². The summed E-state index contributed by atoms with van der Waals surface area (Å²) >= 11 is 0. The highest BCUT2D eigenvalue weighted by atomic mass is 19.4. The molecule has 8 heteroatoms. The van der Waals surface area contributed by atoms with Gasteiger partial charge in [0, 0.05) is 18.5 Å². The third-order valence-electron chi connectivity index (χ3n) is 2.52. The maximum Gasteiger partial charge on any atom is 0.411 e. The molecule has 0 atom stereocenters. The van der Waals surface area contributed by atoms with Gasteiger partial charge in [0.15, 0.2) is 0 Å². The zero-order valence-electron chi connectivity index (χ0n) is 10.2. The molecular weight excluding hydrogens is 261 g/mol. The number of aromatic nitrogens is 2. The molecule has 3 N–H and O–H groups in total. The first-order valence-electron chi connectivity index (χ1n) is 5.97. The van der Waals surface area contributed by atoms with Gasteiger partial charge < -0.3 is 15.8 Å². The second-order valence-electron chi connectivity index (χ2n) is 4.41. The van der Waals surface area contributed by atoms with E-state index in [0.717, 1.165) is 12.8 Å². The number of nitrogens with two attached hydrogens (primary N) is 1. The minimum atomic E-state index is -4.29. The van der Waals surface area contributed by atoms with E-state index in [1.54, 1.807) is 6.07 Å². The van der Waals surface area contributed by atoms with Crippen molar-refractivity contribution in [3.63, 3.8) is 0 Å². The van der Waals surface area contributed by atoms with Crippen molar-refractivity contribution < 1.29 is 17.9 Å². The van der Waals surface area contributed by atoms with Gasteiger partial charge in [-0.25, -0.2) is 9.97 Å². The van der Waals surface area contributed by atoms with Crippen molar-refractivity contribution in [2.45, 2.75) is 24.9 Å². The van der Waals surface area contributed by atoms with Crippen molar-refractivity contribution in [3.05, 3.63) is 11.9 Å². The average Bonchev–Trinajstić information content (AvgIpc) is 3.10. The fourth-order valence-electron chi connectivity index (χ4n) is 1.54. The highest BCUT2D eigenvalue weighted by molar-refractivity contribution is 5.45. The molecular formula is C11H15F3N4O. The molecule has 19 heavy (non-hydrogen) atoms. The molecule has 2 rings (SSSR count). The van der Waals surface area contributed by atoms with Crippen LogP contribution in [0.25, 0.3) is 0 Å². The number of anilines is 2. The Kier molecular flexibility index (Phi) is 4.08. The molecule has 0 spiro atoms. The maximum atomic E-state index is 11.8. The molecule has 1 heterocycles. The monoisotopic (exact) mass is 276 g/mol. The number of rotatable bonds is 6. The number of nitrogens with zero attached hydrogens (tertiary/aromatic N) is 2. The van der Waals surface area contributed by atoms with Crippen LogP contribution in [0.3, 0.4) is 0 Å². The number of nitrogen functional groups attached to an aromatic ring is 1. The number of halogens is 3. The Morgan fingerprint density at radius 3 is 2.74 bits per heavy atom. The highest BCUT2D eigenvalue weighted by Gasteiger charge is 2.28. The van der Waals surface area contributed by atoms with E-state index in [0.29, 0.717) is 23.4 Å². The molecule has 5 nitrogen and oxygen atoms in total. The van der Waals surface area contributed by atoms with E-state index < -0.39 is 12.8 Å². The Balaban J connectivity index is 1.76. The Labute approximate surface area is 108 Å². The minimum absolute atomic E-state index is 0.0534. The van der Waals surface area contributed by atoms with E-state index >= 15 is 0 Å². The Hall–Kier alpha value is -1.57. The lowest BCUT2D eigenvalue weighted by molar-refractivity contribution is -0.172. The molecule has 0 aromatic carbocycles. The van der Waals surface area contributed by atoms with Gasteiger partial charge >= 0.3 is 6.18 Å². The third-order valence-corrected chi connectivity index (χ3v) is 2.52. The first kappa shape index (κ1) is 13.9. The summed E-state index contributed by atoms with van der Waals surface area (Å²) in [7, 11) is 0. The standard InChI is InChI=1S/C11H15F3N4O/c12-11(13,14)6-19-4-3-16-9-5-8(15)17-10(18-9)7-1-2-7/h5,7H,1-4,6H2,(H3,15,16,17,18). The maximum absolute atomic E-state index is 11.8. The summed E-state index contributed by atoms with van der Waals surface area (Å²) in [6.07, 6.45) is -2.19. The predicted octanol–water partition coefficient (Wildman–Crippen LogP) is 1.93. The second-order valence-corrected chi connectivity index (χ2v) is 4.41. The summed E-state index contributed by atoms with van der Waals surface area (Å²) < 4.78 is 40.0. The molecule has 1 aromatic rings. The van der Waals surface area contributed by atoms with Gasteiger partial charge in [-0.15, -0.1) is 0 Å². The zero-order chi connectivity index (χ0) is 13.9. The van der Waals surface area contributed by atoms with Gasteiger partial charge in [-0.2, -0.15) is 13.2 Å². The summed E-state index contributed by atoms with van der Waals surface area (Å²) in [6.45, 7) is -1.06. The van der Waals surface area contributed by atoms with Crippen molar-refractivity contribution in [2.24, 2.45) is 0 Å². The van der Waals surface area contributed by atoms with E-state index in [1.807, 2.05) is 0 Å². The normalized spacial score (nSPS) is 15.5. The molecule has 1 fully saturated rings. The molecule has 1 saturated carbocycles. The minimum Gasteiger partial charge on any atom is -0.384 e. The molecule has 0 aliphatic heterocycles. The SMILES string of the molecule is Nc1cc(NCCOCC(F)(F)F)nc(C2CC2)n1. The summed E-state index contributed by atoms with van der Waals surface area (Å²) in [6, 6.07) is 1.55. The lowest BCUT2D eigenvalue weighted by Crippen LogP contribution is -2.20. The highest BCUT2D eigenvalue weighted by Crippen LogP contribution is 2.38. The van der Waals surface area contributed by atoms with Crippen molar-refractivity contribution in [2.75, 3.05) is 30.8 Å². The smallest absolute Gasteiger partial charge is 0.384 e. The molecule has 0 amide bonds. The Morgan fingerprint density at radius 2 is 2.11 bits per heavy atom. The number of hydrogen-bond donors (Lipinski definition) is 2. The van der Waals surface area contributed by atoms with Crippen LogP contribution in [0.1, 0.15) is 24.6 Å². The van der Waals surface area contributed by atoms with Crippen LogP contribution in [-0.2, 0) is 4.74 Å². The van der Waals surface area contributed by atoms with Crippen LogP contribution in [0.5, 0.6) is 0 Å². The molecule has 1 aliphatic rings. The Bertz CT molecular complexity index is 434. The molecule has 0 saturated heterocycles. The zero-order valence-corrected chi connectivity index (χ0v) is 10.2. The van der Waals surface area contributed by atoms with E-state index in [2.05, 4.69) is 20.0 Å². The van der Waals surface area contributed by atoms with Gasteiger partial charge in [-0.3, -0.25) is 0 Å². The fourth-order valence-corrected chi connectivity index (χ4v) is 1.54. The van der Waals surface area contributed by atoms with Gasteiger partial charge in [0.25, 0.3) is 0 Å². The van der Waals surface area contributed by atoms with Crippen LogP contribution in [0.2, 0.25) is 0 Å². The van der Waals surface area contributed by atoms with Crippen LogP contribution >= 0.6 is 0 Å². The van der Waals surface area contributed by atoms with E-state index in [-0.39, 0.29) is 13.2 Å². The lowest BCUT2D eigenvalue weighted by atomic mass is 10.4. The molecule has 0 unspecified atom stereocenters. The van der Waals surface area contributed by atoms with Gasteiger partial charge in [-0.1, -0.05) is 0 Å². The number of ether oxygens (including phenoxy) is 1. The predicted molar refractivity (Wildman–Crippen MR) is 63.8 cm³/mol. The summed E-state index contributed by atoms with van der Waals surface area (Å²) in [5, 5.41) is 2.87. The van der Waals surface area contributed by atoms with Crippen molar-refractivity contribution in [1.29, 1.82) is 0 Å². The van der Waals surface area contributed by atoms with Crippen molar-refractivity contribution >= 4 is 11.6 Å². The van der Waals surface area contributed by atoms with Crippen LogP contribution in [0, 0.1) is 0 Å².